The number of aromatic nitrogens is 2. The first-order valence-corrected chi connectivity index (χ1v) is 8.36. The molecule has 0 radical (unpaired) electrons. The molecule has 130 valence electrons. The van der Waals surface area contributed by atoms with E-state index in [1.807, 2.05) is 43.4 Å². The molecule has 0 aliphatic heterocycles. The first-order valence-electron chi connectivity index (χ1n) is 8.36. The van der Waals surface area contributed by atoms with Crippen LogP contribution in [0, 0.1) is 0 Å². The third kappa shape index (κ3) is 4.25. The van der Waals surface area contributed by atoms with E-state index in [-0.39, 0.29) is 6.04 Å². The molecule has 3 rings (SSSR count). The van der Waals surface area contributed by atoms with E-state index in [1.165, 1.54) is 5.56 Å². The number of hydrogen-bond acceptors (Lipinski definition) is 5. The maximum atomic E-state index is 5.46. The molecular weight excluding hydrogens is 314 g/mol. The Morgan fingerprint density at radius 3 is 2.56 bits per heavy atom. The average Bonchev–Trinajstić information content (AvgIpc) is 3.08. The van der Waals surface area contributed by atoms with Crippen molar-refractivity contribution in [2.45, 2.75) is 25.9 Å². The highest BCUT2D eigenvalue weighted by Gasteiger charge is 2.18. The van der Waals surface area contributed by atoms with Gasteiger partial charge in [0.1, 0.15) is 5.75 Å². The molecule has 2 aromatic carbocycles. The van der Waals surface area contributed by atoms with Crippen molar-refractivity contribution in [2.75, 3.05) is 14.2 Å². The van der Waals surface area contributed by atoms with Crippen molar-refractivity contribution < 1.29 is 9.26 Å². The Morgan fingerprint density at radius 2 is 1.80 bits per heavy atom. The summed E-state index contributed by atoms with van der Waals surface area (Å²) < 4.78 is 10.9. The highest BCUT2D eigenvalue weighted by Crippen LogP contribution is 2.28. The van der Waals surface area contributed by atoms with E-state index in [1.54, 1.807) is 7.11 Å². The number of benzene rings is 2. The minimum Gasteiger partial charge on any atom is -0.496 e. The van der Waals surface area contributed by atoms with E-state index in [4.69, 9.17) is 9.26 Å². The second-order valence-electron chi connectivity index (χ2n) is 6.10. The van der Waals surface area contributed by atoms with E-state index < -0.39 is 0 Å². The largest absolute Gasteiger partial charge is 0.496 e. The van der Waals surface area contributed by atoms with Crippen molar-refractivity contribution in [3.05, 3.63) is 77.4 Å². The first kappa shape index (κ1) is 17.2. The molecule has 0 unspecified atom stereocenters. The van der Waals surface area contributed by atoms with Gasteiger partial charge in [-0.2, -0.15) is 4.98 Å². The van der Waals surface area contributed by atoms with Gasteiger partial charge in [-0.05, 0) is 25.6 Å². The fourth-order valence-corrected chi connectivity index (χ4v) is 2.80. The van der Waals surface area contributed by atoms with Gasteiger partial charge in [0.25, 0.3) is 0 Å². The lowest BCUT2D eigenvalue weighted by atomic mass is 10.1. The van der Waals surface area contributed by atoms with Gasteiger partial charge in [0.05, 0.1) is 13.7 Å². The molecular formula is C20H23N3O2. The van der Waals surface area contributed by atoms with Crippen LogP contribution in [-0.4, -0.2) is 29.2 Å². The predicted molar refractivity (Wildman–Crippen MR) is 96.4 cm³/mol. The summed E-state index contributed by atoms with van der Waals surface area (Å²) in [5, 5.41) is 4.09. The number of nitrogens with zero attached hydrogens (tertiary/aromatic N) is 3. The van der Waals surface area contributed by atoms with Gasteiger partial charge in [-0.3, -0.25) is 4.90 Å². The molecule has 0 aliphatic carbocycles. The SMILES string of the molecule is COc1ccccc1[C@@H](C)N(C)Cc1nc(Cc2ccccc2)no1. The fraction of sp³-hybridized carbons (Fsp3) is 0.300. The topological polar surface area (TPSA) is 51.4 Å². The van der Waals surface area contributed by atoms with Crippen molar-refractivity contribution in [1.82, 2.24) is 15.0 Å². The van der Waals surface area contributed by atoms with Crippen LogP contribution in [0.5, 0.6) is 5.75 Å². The Morgan fingerprint density at radius 1 is 1.08 bits per heavy atom. The molecule has 0 saturated carbocycles. The zero-order valence-electron chi connectivity index (χ0n) is 14.8. The van der Waals surface area contributed by atoms with Gasteiger partial charge < -0.3 is 9.26 Å². The quantitative estimate of drug-likeness (QED) is 0.655. The molecule has 1 heterocycles. The number of methoxy groups -OCH3 is 1. The molecule has 0 N–H and O–H groups in total. The van der Waals surface area contributed by atoms with Crippen LogP contribution in [0.1, 0.15) is 35.8 Å². The van der Waals surface area contributed by atoms with Crippen LogP contribution in [0.3, 0.4) is 0 Å². The number of rotatable bonds is 7. The Balaban J connectivity index is 1.66. The molecule has 0 saturated heterocycles. The lowest BCUT2D eigenvalue weighted by Gasteiger charge is -2.24. The Kier molecular flexibility index (Phi) is 5.46. The molecule has 1 atom stereocenters. The smallest absolute Gasteiger partial charge is 0.240 e. The van der Waals surface area contributed by atoms with Crippen LogP contribution in [0.2, 0.25) is 0 Å². The van der Waals surface area contributed by atoms with Crippen LogP contribution in [-0.2, 0) is 13.0 Å². The van der Waals surface area contributed by atoms with Crippen molar-refractivity contribution >= 4 is 0 Å². The van der Waals surface area contributed by atoms with Gasteiger partial charge in [-0.25, -0.2) is 0 Å². The second-order valence-corrected chi connectivity index (χ2v) is 6.10. The molecule has 1 aromatic heterocycles. The van der Waals surface area contributed by atoms with E-state index in [0.717, 1.165) is 11.3 Å². The first-order chi connectivity index (χ1) is 12.2. The number of para-hydroxylation sites is 1. The molecule has 5 heteroatoms. The minimum absolute atomic E-state index is 0.167. The molecule has 0 amide bonds. The number of ether oxygens (including phenoxy) is 1. The zero-order chi connectivity index (χ0) is 17.6. The lowest BCUT2D eigenvalue weighted by Crippen LogP contribution is -2.22. The highest BCUT2D eigenvalue weighted by atomic mass is 16.5. The van der Waals surface area contributed by atoms with Crippen LogP contribution in [0.4, 0.5) is 0 Å². The summed E-state index contributed by atoms with van der Waals surface area (Å²) in [6.07, 6.45) is 0.677. The van der Waals surface area contributed by atoms with Gasteiger partial charge in [-0.1, -0.05) is 53.7 Å². The second kappa shape index (κ2) is 7.94. The maximum Gasteiger partial charge on any atom is 0.240 e. The maximum absolute atomic E-state index is 5.46. The summed E-state index contributed by atoms with van der Waals surface area (Å²) in [4.78, 5) is 6.68. The summed E-state index contributed by atoms with van der Waals surface area (Å²) in [7, 11) is 3.73. The Labute approximate surface area is 148 Å². The molecule has 0 aliphatic rings. The molecule has 5 nitrogen and oxygen atoms in total. The molecule has 0 fully saturated rings. The summed E-state index contributed by atoms with van der Waals surface area (Å²) >= 11 is 0. The van der Waals surface area contributed by atoms with Gasteiger partial charge in [0, 0.05) is 18.0 Å². The van der Waals surface area contributed by atoms with Gasteiger partial charge in [0.15, 0.2) is 5.82 Å². The lowest BCUT2D eigenvalue weighted by molar-refractivity contribution is 0.212. The van der Waals surface area contributed by atoms with Gasteiger partial charge >= 0.3 is 0 Å². The summed E-state index contributed by atoms with van der Waals surface area (Å²) in [6, 6.07) is 18.4. The van der Waals surface area contributed by atoms with Crippen LogP contribution in [0.25, 0.3) is 0 Å². The van der Waals surface area contributed by atoms with Crippen LogP contribution < -0.4 is 4.74 Å². The summed E-state index contributed by atoms with van der Waals surface area (Å²) in [6.45, 7) is 2.72. The summed E-state index contributed by atoms with van der Waals surface area (Å²) in [5.41, 5.74) is 2.31. The average molecular weight is 337 g/mol. The minimum atomic E-state index is 0.167. The third-order valence-corrected chi connectivity index (χ3v) is 4.35. The molecule has 0 spiro atoms. The third-order valence-electron chi connectivity index (χ3n) is 4.35. The van der Waals surface area contributed by atoms with Crippen LogP contribution >= 0.6 is 0 Å². The predicted octanol–water partition coefficient (Wildman–Crippen LogP) is 3.86. The number of hydrogen-bond donors (Lipinski definition) is 0. The van der Waals surface area contributed by atoms with Gasteiger partial charge in [-0.15, -0.1) is 0 Å². The molecule has 25 heavy (non-hydrogen) atoms. The van der Waals surface area contributed by atoms with Crippen LogP contribution in [0.15, 0.2) is 59.1 Å². The monoisotopic (exact) mass is 337 g/mol. The summed E-state index contributed by atoms with van der Waals surface area (Å²) in [5.74, 6) is 2.21. The fourth-order valence-electron chi connectivity index (χ4n) is 2.80. The Bertz CT molecular complexity index is 801. The van der Waals surface area contributed by atoms with Crippen molar-refractivity contribution in [2.24, 2.45) is 0 Å². The van der Waals surface area contributed by atoms with E-state index in [0.29, 0.717) is 24.7 Å². The van der Waals surface area contributed by atoms with E-state index in [9.17, 15) is 0 Å². The highest BCUT2D eigenvalue weighted by molar-refractivity contribution is 5.35. The molecule has 0 bridgehead atoms. The standard InChI is InChI=1S/C20H23N3O2/c1-15(17-11-7-8-12-18(17)24-3)23(2)14-20-21-19(22-25-20)13-16-9-5-4-6-10-16/h4-12,15H,13-14H2,1-3H3/t15-/m1/s1. The Hall–Kier alpha value is -2.66. The van der Waals surface area contributed by atoms with Crippen molar-refractivity contribution in [3.8, 4) is 5.75 Å². The van der Waals surface area contributed by atoms with E-state index in [2.05, 4.69) is 40.2 Å². The molecule has 3 aromatic rings. The van der Waals surface area contributed by atoms with E-state index >= 15 is 0 Å². The van der Waals surface area contributed by atoms with Crippen molar-refractivity contribution in [3.63, 3.8) is 0 Å². The zero-order valence-corrected chi connectivity index (χ0v) is 14.8. The van der Waals surface area contributed by atoms with Gasteiger partial charge in [0.2, 0.25) is 5.89 Å². The van der Waals surface area contributed by atoms with Crippen molar-refractivity contribution in [1.29, 1.82) is 0 Å². The normalized spacial score (nSPS) is 12.3.